The number of carbonyl (C=O) groups excluding carboxylic acids is 1. The first-order chi connectivity index (χ1) is 11.2. The highest BCUT2D eigenvalue weighted by Gasteiger charge is 2.31. The second kappa shape index (κ2) is 6.79. The van der Waals surface area contributed by atoms with Crippen LogP contribution in [0.5, 0.6) is 5.75 Å². The van der Waals surface area contributed by atoms with Gasteiger partial charge in [-0.15, -0.1) is 0 Å². The molecule has 23 heavy (non-hydrogen) atoms. The summed E-state index contributed by atoms with van der Waals surface area (Å²) in [4.78, 5) is 18.8. The van der Waals surface area contributed by atoms with Crippen molar-refractivity contribution in [3.63, 3.8) is 0 Å². The van der Waals surface area contributed by atoms with E-state index < -0.39 is 0 Å². The molecule has 1 aromatic heterocycles. The lowest BCUT2D eigenvalue weighted by Crippen LogP contribution is -2.48. The van der Waals surface area contributed by atoms with Crippen molar-refractivity contribution in [3.8, 4) is 5.75 Å². The van der Waals surface area contributed by atoms with Crippen molar-refractivity contribution in [2.45, 2.75) is 19.1 Å². The minimum atomic E-state index is -0.109. The minimum absolute atomic E-state index is 0.00969. The molecular formula is C18H20N2O3. The summed E-state index contributed by atoms with van der Waals surface area (Å²) in [5.41, 5.74) is 1.47. The molecule has 0 radical (unpaired) electrons. The highest BCUT2D eigenvalue weighted by atomic mass is 16.5. The van der Waals surface area contributed by atoms with E-state index in [2.05, 4.69) is 4.98 Å². The first-order valence-corrected chi connectivity index (χ1v) is 7.66. The molecule has 0 saturated carbocycles. The van der Waals surface area contributed by atoms with Crippen LogP contribution in [-0.4, -0.2) is 42.1 Å². The van der Waals surface area contributed by atoms with Crippen molar-refractivity contribution in [1.29, 1.82) is 0 Å². The van der Waals surface area contributed by atoms with Gasteiger partial charge in [-0.3, -0.25) is 9.78 Å². The lowest BCUT2D eigenvalue weighted by Gasteiger charge is -2.38. The second-order valence-electron chi connectivity index (χ2n) is 5.62. The number of nitrogens with zero attached hydrogens (tertiary/aromatic N) is 2. The van der Waals surface area contributed by atoms with Crippen molar-refractivity contribution < 1.29 is 14.3 Å². The van der Waals surface area contributed by atoms with Crippen molar-refractivity contribution >= 4 is 5.91 Å². The molecule has 2 aromatic rings. The van der Waals surface area contributed by atoms with Gasteiger partial charge in [0.2, 0.25) is 0 Å². The Bertz CT molecular complexity index is 675. The summed E-state index contributed by atoms with van der Waals surface area (Å²) in [6, 6.07) is 13.4. The lowest BCUT2D eigenvalue weighted by atomic mass is 10.1. The van der Waals surface area contributed by atoms with Gasteiger partial charge >= 0.3 is 0 Å². The SMILES string of the molecule is COc1ccnc(C(=O)N2CC(c3ccccc3)OCC2C)c1. The maximum atomic E-state index is 12.8. The van der Waals surface area contributed by atoms with E-state index in [0.717, 1.165) is 5.56 Å². The fourth-order valence-electron chi connectivity index (χ4n) is 2.71. The zero-order chi connectivity index (χ0) is 16.2. The van der Waals surface area contributed by atoms with Gasteiger partial charge < -0.3 is 14.4 Å². The number of benzene rings is 1. The predicted molar refractivity (Wildman–Crippen MR) is 86.4 cm³/mol. The molecule has 1 saturated heterocycles. The molecule has 3 rings (SSSR count). The maximum absolute atomic E-state index is 12.8. The Labute approximate surface area is 135 Å². The molecule has 5 nitrogen and oxygen atoms in total. The van der Waals surface area contributed by atoms with Crippen molar-refractivity contribution in [1.82, 2.24) is 9.88 Å². The van der Waals surface area contributed by atoms with Gasteiger partial charge in [-0.25, -0.2) is 0 Å². The summed E-state index contributed by atoms with van der Waals surface area (Å²) in [6.45, 7) is 3.01. The molecule has 2 unspecified atom stereocenters. The van der Waals surface area contributed by atoms with Crippen molar-refractivity contribution in [3.05, 3.63) is 59.9 Å². The van der Waals surface area contributed by atoms with Crippen LogP contribution in [0.2, 0.25) is 0 Å². The molecule has 1 fully saturated rings. The van der Waals surface area contributed by atoms with Crippen LogP contribution in [0.4, 0.5) is 0 Å². The Morgan fingerprint density at radius 2 is 2.09 bits per heavy atom. The maximum Gasteiger partial charge on any atom is 0.273 e. The summed E-state index contributed by atoms with van der Waals surface area (Å²) in [5, 5.41) is 0. The van der Waals surface area contributed by atoms with Gasteiger partial charge in [-0.2, -0.15) is 0 Å². The molecule has 5 heteroatoms. The summed E-state index contributed by atoms with van der Waals surface area (Å²) >= 11 is 0. The third kappa shape index (κ3) is 3.35. The van der Waals surface area contributed by atoms with Crippen LogP contribution in [0.1, 0.15) is 29.1 Å². The molecule has 0 bridgehead atoms. The van der Waals surface area contributed by atoms with E-state index in [1.165, 1.54) is 0 Å². The van der Waals surface area contributed by atoms with Gasteiger partial charge in [0.05, 0.1) is 26.3 Å². The van der Waals surface area contributed by atoms with Gasteiger partial charge in [0.1, 0.15) is 17.5 Å². The average Bonchev–Trinajstić information content (AvgIpc) is 2.62. The van der Waals surface area contributed by atoms with E-state index in [1.54, 1.807) is 25.4 Å². The second-order valence-corrected chi connectivity index (χ2v) is 5.62. The van der Waals surface area contributed by atoms with Crippen molar-refractivity contribution in [2.75, 3.05) is 20.3 Å². The Morgan fingerprint density at radius 1 is 1.30 bits per heavy atom. The van der Waals surface area contributed by atoms with Crippen LogP contribution >= 0.6 is 0 Å². The van der Waals surface area contributed by atoms with Gasteiger partial charge in [0.15, 0.2) is 0 Å². The third-order valence-electron chi connectivity index (χ3n) is 4.05. The Hall–Kier alpha value is -2.40. The fraction of sp³-hybridized carbons (Fsp3) is 0.333. The molecule has 0 aliphatic carbocycles. The Balaban J connectivity index is 1.80. The molecule has 120 valence electrons. The molecule has 0 spiro atoms. The highest BCUT2D eigenvalue weighted by Crippen LogP contribution is 2.26. The molecule has 1 aliphatic heterocycles. The minimum Gasteiger partial charge on any atom is -0.497 e. The topological polar surface area (TPSA) is 51.7 Å². The fourth-order valence-corrected chi connectivity index (χ4v) is 2.71. The number of aromatic nitrogens is 1. The van der Waals surface area contributed by atoms with Gasteiger partial charge in [-0.05, 0) is 18.6 Å². The highest BCUT2D eigenvalue weighted by molar-refractivity contribution is 5.93. The molecule has 2 heterocycles. The monoisotopic (exact) mass is 312 g/mol. The molecule has 0 N–H and O–H groups in total. The lowest BCUT2D eigenvalue weighted by molar-refractivity contribution is -0.0488. The summed E-state index contributed by atoms with van der Waals surface area (Å²) < 4.78 is 11.1. The summed E-state index contributed by atoms with van der Waals surface area (Å²) in [7, 11) is 1.58. The van der Waals surface area contributed by atoms with E-state index >= 15 is 0 Å². The Morgan fingerprint density at radius 3 is 2.83 bits per heavy atom. The van der Waals surface area contributed by atoms with E-state index in [0.29, 0.717) is 24.6 Å². The van der Waals surface area contributed by atoms with E-state index in [-0.39, 0.29) is 18.1 Å². The van der Waals surface area contributed by atoms with E-state index in [9.17, 15) is 4.79 Å². The third-order valence-corrected chi connectivity index (χ3v) is 4.05. The van der Waals surface area contributed by atoms with Crippen LogP contribution < -0.4 is 4.74 Å². The van der Waals surface area contributed by atoms with Crippen LogP contribution in [0.15, 0.2) is 48.7 Å². The largest absolute Gasteiger partial charge is 0.497 e. The van der Waals surface area contributed by atoms with Gasteiger partial charge in [0.25, 0.3) is 5.91 Å². The van der Waals surface area contributed by atoms with Crippen LogP contribution in [-0.2, 0) is 4.74 Å². The number of amides is 1. The smallest absolute Gasteiger partial charge is 0.273 e. The van der Waals surface area contributed by atoms with Crippen LogP contribution in [0.3, 0.4) is 0 Å². The molecular weight excluding hydrogens is 292 g/mol. The molecule has 1 amide bonds. The van der Waals surface area contributed by atoms with Crippen LogP contribution in [0.25, 0.3) is 0 Å². The zero-order valence-electron chi connectivity index (χ0n) is 13.3. The number of hydrogen-bond acceptors (Lipinski definition) is 4. The van der Waals surface area contributed by atoms with Gasteiger partial charge in [-0.1, -0.05) is 30.3 Å². The quantitative estimate of drug-likeness (QED) is 0.874. The number of carbonyl (C=O) groups is 1. The summed E-state index contributed by atoms with van der Waals surface area (Å²) in [6.07, 6.45) is 1.48. The zero-order valence-corrected chi connectivity index (χ0v) is 13.3. The van der Waals surface area contributed by atoms with Gasteiger partial charge in [0, 0.05) is 12.3 Å². The molecule has 2 atom stereocenters. The number of pyridine rings is 1. The number of hydrogen-bond donors (Lipinski definition) is 0. The molecule has 1 aliphatic rings. The number of morpholine rings is 1. The number of rotatable bonds is 3. The number of methoxy groups -OCH3 is 1. The molecule has 1 aromatic carbocycles. The summed E-state index contributed by atoms with van der Waals surface area (Å²) in [5.74, 6) is 0.532. The van der Waals surface area contributed by atoms with Crippen molar-refractivity contribution in [2.24, 2.45) is 0 Å². The average molecular weight is 312 g/mol. The Kier molecular flexibility index (Phi) is 4.57. The van der Waals surface area contributed by atoms with Crippen LogP contribution in [0, 0.1) is 0 Å². The number of ether oxygens (including phenoxy) is 2. The first kappa shape index (κ1) is 15.5. The predicted octanol–water partition coefficient (Wildman–Crippen LogP) is 2.69. The first-order valence-electron chi connectivity index (χ1n) is 7.66. The van der Waals surface area contributed by atoms with E-state index in [1.807, 2.05) is 42.2 Å². The standard InChI is InChI=1S/C18H20N2O3/c1-13-12-23-17(14-6-4-3-5-7-14)11-20(13)18(21)16-10-15(22-2)8-9-19-16/h3-10,13,17H,11-12H2,1-2H3. The van der Waals surface area contributed by atoms with E-state index in [4.69, 9.17) is 9.47 Å². The normalized spacial score (nSPS) is 21.0.